The molecule has 28 heavy (non-hydrogen) atoms. The van der Waals surface area contributed by atoms with Crippen LogP contribution in [0.5, 0.6) is 5.75 Å². The Kier molecular flexibility index (Phi) is 7.67. The van der Waals surface area contributed by atoms with Crippen molar-refractivity contribution in [1.29, 1.82) is 0 Å². The smallest absolute Gasteiger partial charge is 0.332 e. The molecule has 0 aromatic carbocycles. The summed E-state index contributed by atoms with van der Waals surface area (Å²) in [7, 11) is -1.86. The molecular formula is C18H27BrNO7P. The summed E-state index contributed by atoms with van der Waals surface area (Å²) < 4.78 is 36.3. The fraction of sp³-hybridized carbons (Fsp3) is 0.667. The molecule has 0 saturated heterocycles. The summed E-state index contributed by atoms with van der Waals surface area (Å²) in [4.78, 5) is 25.4. The molecule has 0 fully saturated rings. The van der Waals surface area contributed by atoms with E-state index >= 15 is 0 Å². The highest BCUT2D eigenvalue weighted by Gasteiger charge is 2.45. The van der Waals surface area contributed by atoms with Gasteiger partial charge in [-0.25, -0.2) is 0 Å². The number of carbonyl (C=O) groups is 1. The first kappa shape index (κ1) is 23.3. The number of ether oxygens (including phenoxy) is 2. The van der Waals surface area contributed by atoms with Crippen molar-refractivity contribution in [1.82, 2.24) is 4.57 Å². The number of ketones is 1. The molecule has 158 valence electrons. The second-order valence-corrected chi connectivity index (χ2v) is 9.96. The molecule has 0 aliphatic carbocycles. The van der Waals surface area contributed by atoms with E-state index in [0.717, 1.165) is 0 Å². The Hall–Kier alpha value is -0.990. The molecule has 0 bridgehead atoms. The molecule has 2 rings (SSSR count). The highest BCUT2D eigenvalue weighted by Crippen LogP contribution is 2.48. The summed E-state index contributed by atoms with van der Waals surface area (Å²) in [5, 5.41) is 0. The number of halogens is 1. The van der Waals surface area contributed by atoms with Crippen LogP contribution in [0.3, 0.4) is 0 Å². The van der Waals surface area contributed by atoms with E-state index in [9.17, 15) is 14.2 Å². The largest absolute Gasteiger partial charge is 0.491 e. The number of methoxy groups -OCH3 is 1. The maximum Gasteiger partial charge on any atom is 0.332 e. The molecule has 0 amide bonds. The van der Waals surface area contributed by atoms with Gasteiger partial charge in [-0.15, -0.1) is 0 Å². The molecule has 2 heterocycles. The van der Waals surface area contributed by atoms with Gasteiger partial charge < -0.3 is 23.1 Å². The number of Topliss-reactive ketones (excluding diaryl/α,β-unsaturated/α-hetero) is 1. The van der Waals surface area contributed by atoms with Crippen molar-refractivity contribution < 1.29 is 27.9 Å². The number of nitrogens with zero attached hydrogens (tertiary/aromatic N) is 1. The molecule has 1 aromatic rings. The fourth-order valence-corrected chi connectivity index (χ4v) is 5.03. The fourth-order valence-electron chi connectivity index (χ4n) is 3.16. The van der Waals surface area contributed by atoms with Crippen LogP contribution in [0, 0.1) is 5.41 Å². The lowest BCUT2D eigenvalue weighted by Gasteiger charge is -2.39. The van der Waals surface area contributed by atoms with Gasteiger partial charge >= 0.3 is 7.60 Å². The maximum absolute atomic E-state index is 13.1. The number of rotatable bonds is 9. The average molecular weight is 480 g/mol. The molecule has 0 saturated carbocycles. The topological polar surface area (TPSA) is 93.1 Å². The SMILES string of the molecule is CCOP(=O)(CCOC1Cn2cc(Br)c(=O)c(OC)c2C(=O)C1(C)C)OCC. The van der Waals surface area contributed by atoms with Gasteiger partial charge in [-0.3, -0.25) is 14.2 Å². The van der Waals surface area contributed by atoms with Crippen molar-refractivity contribution in [3.8, 4) is 5.75 Å². The zero-order valence-corrected chi connectivity index (χ0v) is 19.3. The number of carbonyl (C=O) groups excluding carboxylic acids is 1. The number of fused-ring (bicyclic) bond motifs is 1. The van der Waals surface area contributed by atoms with Gasteiger partial charge in [0.2, 0.25) is 5.43 Å². The van der Waals surface area contributed by atoms with Crippen LogP contribution >= 0.6 is 23.5 Å². The van der Waals surface area contributed by atoms with E-state index in [1.165, 1.54) is 7.11 Å². The predicted octanol–water partition coefficient (Wildman–Crippen LogP) is 3.49. The first-order chi connectivity index (χ1) is 13.1. The van der Waals surface area contributed by atoms with E-state index in [2.05, 4.69) is 15.9 Å². The Balaban J connectivity index is 2.25. The van der Waals surface area contributed by atoms with Crippen molar-refractivity contribution in [2.45, 2.75) is 40.3 Å². The van der Waals surface area contributed by atoms with Crippen LogP contribution in [0.15, 0.2) is 15.5 Å². The van der Waals surface area contributed by atoms with E-state index in [1.54, 1.807) is 38.5 Å². The third kappa shape index (κ3) is 4.60. The molecule has 0 radical (unpaired) electrons. The zero-order chi connectivity index (χ0) is 21.1. The Morgan fingerprint density at radius 2 is 1.86 bits per heavy atom. The monoisotopic (exact) mass is 479 g/mol. The number of aromatic nitrogens is 1. The highest BCUT2D eigenvalue weighted by atomic mass is 79.9. The highest BCUT2D eigenvalue weighted by molar-refractivity contribution is 9.10. The van der Waals surface area contributed by atoms with Gasteiger partial charge in [-0.1, -0.05) is 0 Å². The van der Waals surface area contributed by atoms with Crippen LogP contribution in [-0.2, 0) is 24.9 Å². The summed E-state index contributed by atoms with van der Waals surface area (Å²) in [5.41, 5.74) is -1.03. The van der Waals surface area contributed by atoms with E-state index in [0.29, 0.717) is 11.0 Å². The molecule has 1 aliphatic heterocycles. The molecule has 1 unspecified atom stereocenters. The quantitative estimate of drug-likeness (QED) is 0.500. The lowest BCUT2D eigenvalue weighted by molar-refractivity contribution is -0.0282. The average Bonchev–Trinajstić information content (AvgIpc) is 2.62. The van der Waals surface area contributed by atoms with Crippen LogP contribution in [0.4, 0.5) is 0 Å². The Labute approximate surface area is 173 Å². The van der Waals surface area contributed by atoms with Gasteiger partial charge in [0.15, 0.2) is 11.5 Å². The molecule has 10 heteroatoms. The molecule has 8 nitrogen and oxygen atoms in total. The maximum atomic E-state index is 13.1. The molecule has 1 aromatic heterocycles. The van der Waals surface area contributed by atoms with E-state index < -0.39 is 19.1 Å². The summed E-state index contributed by atoms with van der Waals surface area (Å²) in [6, 6.07) is 0. The third-order valence-electron chi connectivity index (χ3n) is 4.70. The Bertz CT molecular complexity index is 826. The predicted molar refractivity (Wildman–Crippen MR) is 109 cm³/mol. The standard InChI is InChI=1S/C18H27BrNO7P/c1-6-26-28(23,27-7-2)9-8-25-13-11-20-10-12(19)15(21)16(24-5)14(20)17(22)18(13,3)4/h10,13H,6-9,11H2,1-5H3. The van der Waals surface area contributed by atoms with Gasteiger partial charge in [0.25, 0.3) is 0 Å². The second kappa shape index (κ2) is 9.22. The molecule has 0 N–H and O–H groups in total. The van der Waals surface area contributed by atoms with Crippen molar-refractivity contribution >= 4 is 29.3 Å². The van der Waals surface area contributed by atoms with Crippen LogP contribution in [0.1, 0.15) is 38.2 Å². The Morgan fingerprint density at radius 1 is 1.25 bits per heavy atom. The van der Waals surface area contributed by atoms with Crippen molar-refractivity contribution in [3.05, 3.63) is 26.6 Å². The number of hydrogen-bond donors (Lipinski definition) is 0. The van der Waals surface area contributed by atoms with Gasteiger partial charge in [-0.05, 0) is 43.6 Å². The summed E-state index contributed by atoms with van der Waals surface area (Å²) in [6.45, 7) is 8.04. The van der Waals surface area contributed by atoms with Gasteiger partial charge in [-0.2, -0.15) is 0 Å². The summed E-state index contributed by atoms with van der Waals surface area (Å²) >= 11 is 3.21. The number of hydrogen-bond acceptors (Lipinski definition) is 7. The lowest BCUT2D eigenvalue weighted by Crippen LogP contribution is -2.48. The normalized spacial score (nSPS) is 18.8. The molecular weight excluding hydrogens is 453 g/mol. The lowest BCUT2D eigenvalue weighted by atomic mass is 9.77. The van der Waals surface area contributed by atoms with E-state index in [4.69, 9.17) is 18.5 Å². The van der Waals surface area contributed by atoms with Crippen molar-refractivity contribution in [3.63, 3.8) is 0 Å². The first-order valence-electron chi connectivity index (χ1n) is 9.12. The van der Waals surface area contributed by atoms with Crippen LogP contribution < -0.4 is 10.2 Å². The minimum atomic E-state index is -3.22. The molecule has 0 spiro atoms. The number of pyridine rings is 1. The minimum Gasteiger partial charge on any atom is -0.491 e. The Morgan fingerprint density at radius 3 is 2.39 bits per heavy atom. The minimum absolute atomic E-state index is 0.0168. The van der Waals surface area contributed by atoms with Gasteiger partial charge in [0.05, 0.1) is 55.6 Å². The van der Waals surface area contributed by atoms with Gasteiger partial charge in [0.1, 0.15) is 5.69 Å². The second-order valence-electron chi connectivity index (χ2n) is 6.92. The van der Waals surface area contributed by atoms with Crippen LogP contribution in [-0.4, -0.2) is 49.5 Å². The van der Waals surface area contributed by atoms with Crippen LogP contribution in [0.25, 0.3) is 0 Å². The zero-order valence-electron chi connectivity index (χ0n) is 16.8. The van der Waals surface area contributed by atoms with Crippen LogP contribution in [0.2, 0.25) is 0 Å². The van der Waals surface area contributed by atoms with Crippen molar-refractivity contribution in [2.24, 2.45) is 5.41 Å². The van der Waals surface area contributed by atoms with E-state index in [-0.39, 0.29) is 48.6 Å². The summed E-state index contributed by atoms with van der Waals surface area (Å²) in [6.07, 6.45) is 1.18. The third-order valence-corrected chi connectivity index (χ3v) is 7.30. The first-order valence-corrected chi connectivity index (χ1v) is 11.6. The molecule has 1 aliphatic rings. The van der Waals surface area contributed by atoms with E-state index in [1.807, 2.05) is 0 Å². The van der Waals surface area contributed by atoms with Crippen molar-refractivity contribution in [2.75, 3.05) is 33.1 Å². The summed E-state index contributed by atoms with van der Waals surface area (Å²) in [5.74, 6) is -0.230. The molecule has 1 atom stereocenters. The van der Waals surface area contributed by atoms with Gasteiger partial charge in [0, 0.05) is 6.20 Å².